The van der Waals surface area contributed by atoms with Crippen molar-refractivity contribution in [1.29, 1.82) is 0 Å². The van der Waals surface area contributed by atoms with Gasteiger partial charge >= 0.3 is 0 Å². The summed E-state index contributed by atoms with van der Waals surface area (Å²) in [6, 6.07) is 3.91. The molecule has 0 aliphatic rings. The first-order chi connectivity index (χ1) is 7.11. The molecule has 0 aliphatic carbocycles. The lowest BCUT2D eigenvalue weighted by Gasteiger charge is -2.08. The van der Waals surface area contributed by atoms with Crippen LogP contribution in [0.1, 0.15) is 31.8 Å². The molecule has 1 N–H and O–H groups in total. The number of nitrogens with one attached hydrogen (secondary N) is 1. The Bertz CT molecular complexity index is 352. The van der Waals surface area contributed by atoms with Gasteiger partial charge in [-0.25, -0.2) is 0 Å². The van der Waals surface area contributed by atoms with E-state index < -0.39 is 0 Å². The van der Waals surface area contributed by atoms with E-state index in [1.807, 2.05) is 32.9 Å². The molecule has 0 bridgehead atoms. The van der Waals surface area contributed by atoms with E-state index >= 15 is 0 Å². The van der Waals surface area contributed by atoms with Crippen molar-refractivity contribution in [3.05, 3.63) is 29.7 Å². The Morgan fingerprint density at radius 2 is 2.33 bits per heavy atom. The largest absolute Gasteiger partial charge is 0.462 e. The van der Waals surface area contributed by atoms with Gasteiger partial charge in [-0.05, 0) is 38.5 Å². The standard InChI is InChI=1S/C12H17NO2/c1-4-9(2)13-12(14)8-7-11-6-5-10(3)15-11/h5-9H,4H2,1-3H3,(H,13,14). The van der Waals surface area contributed by atoms with Crippen LogP contribution in [0.3, 0.4) is 0 Å². The number of aryl methyl sites for hydroxylation is 1. The molecule has 0 saturated heterocycles. The summed E-state index contributed by atoms with van der Waals surface area (Å²) in [6.45, 7) is 5.88. The maximum absolute atomic E-state index is 11.4. The molecule has 1 atom stereocenters. The maximum Gasteiger partial charge on any atom is 0.244 e. The normalized spacial score (nSPS) is 13.0. The molecule has 0 spiro atoms. The van der Waals surface area contributed by atoms with E-state index in [9.17, 15) is 4.79 Å². The van der Waals surface area contributed by atoms with Crippen LogP contribution < -0.4 is 5.32 Å². The zero-order chi connectivity index (χ0) is 11.3. The van der Waals surface area contributed by atoms with Crippen molar-refractivity contribution in [2.45, 2.75) is 33.2 Å². The third-order valence-electron chi connectivity index (χ3n) is 2.16. The number of hydrogen-bond acceptors (Lipinski definition) is 2. The third kappa shape index (κ3) is 4.02. The minimum Gasteiger partial charge on any atom is -0.462 e. The molecule has 0 aromatic carbocycles. The van der Waals surface area contributed by atoms with Crippen LogP contribution in [0.5, 0.6) is 0 Å². The molecule has 3 nitrogen and oxygen atoms in total. The smallest absolute Gasteiger partial charge is 0.244 e. The first-order valence-electron chi connectivity index (χ1n) is 5.17. The monoisotopic (exact) mass is 207 g/mol. The van der Waals surface area contributed by atoms with E-state index in [2.05, 4.69) is 5.32 Å². The minimum absolute atomic E-state index is 0.0848. The summed E-state index contributed by atoms with van der Waals surface area (Å²) in [6.07, 6.45) is 4.09. The van der Waals surface area contributed by atoms with Gasteiger partial charge in [0.25, 0.3) is 0 Å². The van der Waals surface area contributed by atoms with Crippen molar-refractivity contribution in [2.75, 3.05) is 0 Å². The summed E-state index contributed by atoms with van der Waals surface area (Å²) < 4.78 is 5.30. The molecule has 1 rings (SSSR count). The highest BCUT2D eigenvalue weighted by Gasteiger charge is 2.01. The molecule has 0 saturated carbocycles. The molecule has 0 aliphatic heterocycles. The zero-order valence-electron chi connectivity index (χ0n) is 9.41. The molecule has 1 aromatic rings. The lowest BCUT2D eigenvalue weighted by atomic mass is 10.2. The second-order valence-corrected chi connectivity index (χ2v) is 3.60. The third-order valence-corrected chi connectivity index (χ3v) is 2.16. The van der Waals surface area contributed by atoms with Crippen molar-refractivity contribution in [2.24, 2.45) is 0 Å². The van der Waals surface area contributed by atoms with E-state index in [-0.39, 0.29) is 11.9 Å². The minimum atomic E-state index is -0.0848. The van der Waals surface area contributed by atoms with Gasteiger partial charge in [0.1, 0.15) is 11.5 Å². The molecule has 15 heavy (non-hydrogen) atoms. The number of amides is 1. The van der Waals surface area contributed by atoms with Gasteiger partial charge in [0.05, 0.1) is 0 Å². The topological polar surface area (TPSA) is 42.2 Å². The highest BCUT2D eigenvalue weighted by molar-refractivity contribution is 5.91. The van der Waals surface area contributed by atoms with Gasteiger partial charge in [0.2, 0.25) is 5.91 Å². The second kappa shape index (κ2) is 5.39. The van der Waals surface area contributed by atoms with Crippen LogP contribution in [0.15, 0.2) is 22.6 Å². The molecule has 1 amide bonds. The van der Waals surface area contributed by atoms with E-state index in [1.54, 1.807) is 6.08 Å². The maximum atomic E-state index is 11.4. The van der Waals surface area contributed by atoms with E-state index in [1.165, 1.54) is 6.08 Å². The Hall–Kier alpha value is -1.51. The summed E-state index contributed by atoms with van der Waals surface area (Å²) in [5, 5.41) is 2.84. The average Bonchev–Trinajstić information content (AvgIpc) is 2.61. The lowest BCUT2D eigenvalue weighted by molar-refractivity contribution is -0.117. The first-order valence-corrected chi connectivity index (χ1v) is 5.17. The van der Waals surface area contributed by atoms with Crippen LogP contribution in [0.25, 0.3) is 6.08 Å². The summed E-state index contributed by atoms with van der Waals surface area (Å²) in [5.41, 5.74) is 0. The van der Waals surface area contributed by atoms with Gasteiger partial charge in [0.15, 0.2) is 0 Å². The summed E-state index contributed by atoms with van der Waals surface area (Å²) in [7, 11) is 0. The Kier molecular flexibility index (Phi) is 4.16. The molecular formula is C12H17NO2. The highest BCUT2D eigenvalue weighted by Crippen LogP contribution is 2.07. The fourth-order valence-corrected chi connectivity index (χ4v) is 1.09. The van der Waals surface area contributed by atoms with Crippen molar-refractivity contribution in [3.8, 4) is 0 Å². The van der Waals surface area contributed by atoms with Crippen LogP contribution in [0.4, 0.5) is 0 Å². The second-order valence-electron chi connectivity index (χ2n) is 3.60. The van der Waals surface area contributed by atoms with Crippen LogP contribution >= 0.6 is 0 Å². The quantitative estimate of drug-likeness (QED) is 0.771. The molecule has 0 radical (unpaired) electrons. The Morgan fingerprint density at radius 3 is 2.87 bits per heavy atom. The number of furan rings is 1. The Labute approximate surface area is 90.2 Å². The number of carbonyl (C=O) groups is 1. The van der Waals surface area contributed by atoms with Crippen molar-refractivity contribution in [1.82, 2.24) is 5.32 Å². The molecule has 1 aromatic heterocycles. The fraction of sp³-hybridized carbons (Fsp3) is 0.417. The van der Waals surface area contributed by atoms with Crippen LogP contribution in [0.2, 0.25) is 0 Å². The van der Waals surface area contributed by atoms with Gasteiger partial charge in [-0.15, -0.1) is 0 Å². The summed E-state index contributed by atoms with van der Waals surface area (Å²) >= 11 is 0. The first kappa shape index (κ1) is 11.6. The van der Waals surface area contributed by atoms with Gasteiger partial charge < -0.3 is 9.73 Å². The van der Waals surface area contributed by atoms with E-state index in [0.29, 0.717) is 5.76 Å². The SMILES string of the molecule is CCC(C)NC(=O)C=Cc1ccc(C)o1. The Balaban J connectivity index is 2.47. The number of carbonyl (C=O) groups excluding carboxylic acids is 1. The zero-order valence-corrected chi connectivity index (χ0v) is 9.41. The van der Waals surface area contributed by atoms with Crippen LogP contribution in [-0.2, 0) is 4.79 Å². The Morgan fingerprint density at radius 1 is 1.60 bits per heavy atom. The molecule has 0 fully saturated rings. The molecular weight excluding hydrogens is 190 g/mol. The predicted molar refractivity (Wildman–Crippen MR) is 60.4 cm³/mol. The lowest BCUT2D eigenvalue weighted by Crippen LogP contribution is -2.30. The number of rotatable bonds is 4. The fourth-order valence-electron chi connectivity index (χ4n) is 1.09. The molecule has 82 valence electrons. The summed E-state index contributed by atoms with van der Waals surface area (Å²) in [5.74, 6) is 1.46. The highest BCUT2D eigenvalue weighted by atomic mass is 16.3. The summed E-state index contributed by atoms with van der Waals surface area (Å²) in [4.78, 5) is 11.4. The van der Waals surface area contributed by atoms with Crippen molar-refractivity contribution in [3.63, 3.8) is 0 Å². The van der Waals surface area contributed by atoms with Gasteiger partial charge in [-0.1, -0.05) is 6.92 Å². The van der Waals surface area contributed by atoms with E-state index in [4.69, 9.17) is 4.42 Å². The average molecular weight is 207 g/mol. The van der Waals surface area contributed by atoms with Crippen molar-refractivity contribution < 1.29 is 9.21 Å². The molecule has 1 unspecified atom stereocenters. The predicted octanol–water partition coefficient (Wildman–Crippen LogP) is 2.52. The number of hydrogen-bond donors (Lipinski definition) is 1. The molecule has 1 heterocycles. The van der Waals surface area contributed by atoms with Crippen molar-refractivity contribution >= 4 is 12.0 Å². The van der Waals surface area contributed by atoms with Gasteiger partial charge in [0, 0.05) is 12.1 Å². The van der Waals surface area contributed by atoms with E-state index in [0.717, 1.165) is 12.2 Å². The molecule has 3 heteroatoms. The van der Waals surface area contributed by atoms with Gasteiger partial charge in [-0.2, -0.15) is 0 Å². The van der Waals surface area contributed by atoms with Crippen LogP contribution in [0, 0.1) is 6.92 Å². The van der Waals surface area contributed by atoms with Crippen LogP contribution in [-0.4, -0.2) is 11.9 Å². The van der Waals surface area contributed by atoms with Gasteiger partial charge in [-0.3, -0.25) is 4.79 Å².